The van der Waals surface area contributed by atoms with Gasteiger partial charge in [0.05, 0.1) is 0 Å². The van der Waals surface area contributed by atoms with E-state index in [4.69, 9.17) is 0 Å². The van der Waals surface area contributed by atoms with Crippen LogP contribution in [0.1, 0.15) is 10.0 Å². The zero-order chi connectivity index (χ0) is 11.4. The first-order valence-electron chi connectivity index (χ1n) is 4.60. The Morgan fingerprint density at radius 1 is 0.812 bits per heavy atom. The van der Waals surface area contributed by atoms with Crippen LogP contribution in [0.15, 0.2) is 8.68 Å². The van der Waals surface area contributed by atoms with Crippen LogP contribution in [-0.2, 0) is 0 Å². The molecule has 0 spiro atoms. The van der Waals surface area contributed by atoms with Gasteiger partial charge in [0.1, 0.15) is 10.0 Å². The highest BCUT2D eigenvalue weighted by atomic mass is 32.2. The van der Waals surface area contributed by atoms with Crippen molar-refractivity contribution in [1.82, 2.24) is 20.4 Å². The summed E-state index contributed by atoms with van der Waals surface area (Å²) in [6, 6.07) is 0. The highest BCUT2D eigenvalue weighted by molar-refractivity contribution is 8.04. The zero-order valence-electron chi connectivity index (χ0n) is 8.84. The Hall–Kier alpha value is -0.180. The maximum atomic E-state index is 4.06. The first-order valence-corrected chi connectivity index (χ1v) is 8.20. The van der Waals surface area contributed by atoms with E-state index in [0.29, 0.717) is 0 Å². The van der Waals surface area contributed by atoms with Crippen molar-refractivity contribution in [1.29, 1.82) is 0 Å². The Kier molecular flexibility index (Phi) is 4.56. The predicted molar refractivity (Wildman–Crippen MR) is 70.7 cm³/mol. The summed E-state index contributed by atoms with van der Waals surface area (Å²) in [6.07, 6.45) is 0. The van der Waals surface area contributed by atoms with E-state index in [1.165, 1.54) is 0 Å². The molecule has 2 aromatic rings. The summed E-state index contributed by atoms with van der Waals surface area (Å²) >= 11 is 6.78. The van der Waals surface area contributed by atoms with Crippen molar-refractivity contribution in [3.05, 3.63) is 10.0 Å². The minimum atomic E-state index is 1.02. The fourth-order valence-corrected chi connectivity index (χ4v) is 4.67. The molecule has 2 aromatic heterocycles. The summed E-state index contributed by atoms with van der Waals surface area (Å²) in [7, 11) is 0. The van der Waals surface area contributed by atoms with Crippen LogP contribution in [0.5, 0.6) is 0 Å². The molecule has 0 saturated carbocycles. The van der Waals surface area contributed by atoms with Gasteiger partial charge in [-0.25, -0.2) is 0 Å². The van der Waals surface area contributed by atoms with Gasteiger partial charge in [-0.2, -0.15) is 0 Å². The van der Waals surface area contributed by atoms with E-state index in [1.807, 2.05) is 13.8 Å². The standard InChI is InChI=1S/C8H10N4S4/c1-5-9-11-7(15-5)13-3-4-14-8-12-10-6(2)16-8/h3-4H2,1-2H3. The normalized spacial score (nSPS) is 10.9. The monoisotopic (exact) mass is 290 g/mol. The summed E-state index contributed by atoms with van der Waals surface area (Å²) in [6.45, 7) is 3.95. The summed E-state index contributed by atoms with van der Waals surface area (Å²) in [5.41, 5.74) is 0. The van der Waals surface area contributed by atoms with Crippen molar-refractivity contribution in [3.8, 4) is 0 Å². The minimum absolute atomic E-state index is 1.02. The lowest BCUT2D eigenvalue weighted by atomic mass is 10.9. The van der Waals surface area contributed by atoms with E-state index in [1.54, 1.807) is 46.2 Å². The number of aromatic nitrogens is 4. The third-order valence-corrected chi connectivity index (χ3v) is 5.76. The molecule has 0 atom stereocenters. The van der Waals surface area contributed by atoms with Gasteiger partial charge >= 0.3 is 0 Å². The minimum Gasteiger partial charge on any atom is -0.143 e. The topological polar surface area (TPSA) is 51.6 Å². The zero-order valence-corrected chi connectivity index (χ0v) is 12.1. The number of hydrogen-bond acceptors (Lipinski definition) is 8. The van der Waals surface area contributed by atoms with Crippen molar-refractivity contribution in [2.45, 2.75) is 22.5 Å². The summed E-state index contributed by atoms with van der Waals surface area (Å²) in [5, 5.41) is 18.1. The Balaban J connectivity index is 1.69. The maximum absolute atomic E-state index is 4.06. The highest BCUT2D eigenvalue weighted by Crippen LogP contribution is 2.26. The smallest absolute Gasteiger partial charge is 0.143 e. The average molecular weight is 290 g/mol. The molecule has 86 valence electrons. The van der Waals surface area contributed by atoms with Gasteiger partial charge in [-0.1, -0.05) is 46.2 Å². The summed E-state index contributed by atoms with van der Waals surface area (Å²) in [5.74, 6) is 2.05. The van der Waals surface area contributed by atoms with E-state index >= 15 is 0 Å². The van der Waals surface area contributed by atoms with E-state index in [0.717, 1.165) is 30.2 Å². The molecule has 0 amide bonds. The second-order valence-corrected chi connectivity index (χ2v) is 7.92. The molecule has 0 aliphatic rings. The van der Waals surface area contributed by atoms with Gasteiger partial charge < -0.3 is 0 Å². The molecule has 0 radical (unpaired) electrons. The highest BCUT2D eigenvalue weighted by Gasteiger charge is 2.03. The quantitative estimate of drug-likeness (QED) is 0.623. The Morgan fingerprint density at radius 2 is 1.25 bits per heavy atom. The molecule has 4 nitrogen and oxygen atoms in total. The molecule has 2 rings (SSSR count). The summed E-state index contributed by atoms with van der Waals surface area (Å²) < 4.78 is 2.10. The van der Waals surface area contributed by atoms with Crippen LogP contribution in [0.3, 0.4) is 0 Å². The molecular formula is C8H10N4S4. The fraction of sp³-hybridized carbons (Fsp3) is 0.500. The second-order valence-electron chi connectivity index (χ2n) is 2.87. The van der Waals surface area contributed by atoms with Crippen molar-refractivity contribution in [2.75, 3.05) is 11.5 Å². The maximum Gasteiger partial charge on any atom is 0.174 e. The third kappa shape index (κ3) is 3.69. The number of aryl methyl sites for hydroxylation is 2. The second kappa shape index (κ2) is 5.95. The lowest BCUT2D eigenvalue weighted by Crippen LogP contribution is -1.83. The fourth-order valence-electron chi connectivity index (χ4n) is 0.931. The van der Waals surface area contributed by atoms with E-state index in [-0.39, 0.29) is 0 Å². The van der Waals surface area contributed by atoms with Crippen LogP contribution in [0.25, 0.3) is 0 Å². The predicted octanol–water partition coefficient (Wildman–Crippen LogP) is 2.89. The van der Waals surface area contributed by atoms with Gasteiger partial charge in [-0.05, 0) is 13.8 Å². The summed E-state index contributed by atoms with van der Waals surface area (Å²) in [4.78, 5) is 0. The molecule has 2 heterocycles. The molecule has 0 N–H and O–H groups in total. The van der Waals surface area contributed by atoms with Crippen molar-refractivity contribution >= 4 is 46.2 Å². The van der Waals surface area contributed by atoms with Crippen LogP contribution >= 0.6 is 46.2 Å². The first-order chi connectivity index (χ1) is 7.74. The molecule has 0 saturated heterocycles. The SMILES string of the molecule is Cc1nnc(SCCSc2nnc(C)s2)s1. The van der Waals surface area contributed by atoms with Crippen LogP contribution in [0.2, 0.25) is 0 Å². The average Bonchev–Trinajstić information content (AvgIpc) is 2.83. The number of hydrogen-bond donors (Lipinski definition) is 0. The van der Waals surface area contributed by atoms with Crippen molar-refractivity contribution < 1.29 is 0 Å². The molecule has 0 aliphatic heterocycles. The molecular weight excluding hydrogens is 280 g/mol. The van der Waals surface area contributed by atoms with Gasteiger partial charge in [-0.15, -0.1) is 20.4 Å². The lowest BCUT2D eigenvalue weighted by molar-refractivity contribution is 0.982. The van der Waals surface area contributed by atoms with Gasteiger partial charge in [0.2, 0.25) is 0 Å². The van der Waals surface area contributed by atoms with Gasteiger partial charge in [0.25, 0.3) is 0 Å². The third-order valence-electron chi connectivity index (χ3n) is 1.55. The number of thioether (sulfide) groups is 2. The Bertz CT molecular complexity index is 410. The Labute approximate surface area is 110 Å². The van der Waals surface area contributed by atoms with Gasteiger partial charge in [-0.3, -0.25) is 0 Å². The molecule has 0 aromatic carbocycles. The Morgan fingerprint density at radius 3 is 1.56 bits per heavy atom. The van der Waals surface area contributed by atoms with Crippen LogP contribution < -0.4 is 0 Å². The first kappa shape index (κ1) is 12.3. The number of nitrogens with zero attached hydrogens (tertiary/aromatic N) is 4. The molecule has 0 unspecified atom stereocenters. The van der Waals surface area contributed by atoms with Crippen LogP contribution in [-0.4, -0.2) is 31.9 Å². The van der Waals surface area contributed by atoms with Gasteiger partial charge in [0.15, 0.2) is 8.68 Å². The van der Waals surface area contributed by atoms with E-state index in [2.05, 4.69) is 20.4 Å². The van der Waals surface area contributed by atoms with E-state index < -0.39 is 0 Å². The molecule has 8 heteroatoms. The molecule has 0 bridgehead atoms. The van der Waals surface area contributed by atoms with Crippen molar-refractivity contribution in [2.24, 2.45) is 0 Å². The van der Waals surface area contributed by atoms with Crippen LogP contribution in [0, 0.1) is 13.8 Å². The lowest BCUT2D eigenvalue weighted by Gasteiger charge is -1.94. The number of rotatable bonds is 5. The van der Waals surface area contributed by atoms with E-state index in [9.17, 15) is 0 Å². The molecule has 0 fully saturated rings. The molecule has 16 heavy (non-hydrogen) atoms. The van der Waals surface area contributed by atoms with Gasteiger partial charge in [0, 0.05) is 11.5 Å². The van der Waals surface area contributed by atoms with Crippen LogP contribution in [0.4, 0.5) is 0 Å². The largest absolute Gasteiger partial charge is 0.174 e. The molecule has 0 aliphatic carbocycles. The van der Waals surface area contributed by atoms with Crippen molar-refractivity contribution in [3.63, 3.8) is 0 Å².